The molecule has 3 aliphatic rings. The van der Waals surface area contributed by atoms with Crippen molar-refractivity contribution in [3.63, 3.8) is 0 Å². The number of rotatable bonds is 2. The van der Waals surface area contributed by atoms with Gasteiger partial charge in [0.15, 0.2) is 5.17 Å². The first kappa shape index (κ1) is 11.9. The van der Waals surface area contributed by atoms with Gasteiger partial charge in [0.2, 0.25) is 0 Å². The van der Waals surface area contributed by atoms with Gasteiger partial charge < -0.3 is 5.32 Å². The Bertz CT molecular complexity index is 303. The Hall–Kier alpha value is -0.180. The topological polar surface area (TPSA) is 24.4 Å². The quantitative estimate of drug-likeness (QED) is 0.814. The van der Waals surface area contributed by atoms with E-state index < -0.39 is 0 Å². The normalized spacial score (nSPS) is 29.8. The standard InChI is InChI=1S/C14H24N2S/c1-11(12-5-6-12)16-13-15-9-14(10-17-13)7-3-2-4-8-14/h11-12H,2-10H2,1H3,(H,15,16). The highest BCUT2D eigenvalue weighted by Crippen LogP contribution is 2.42. The Morgan fingerprint density at radius 3 is 2.65 bits per heavy atom. The highest BCUT2D eigenvalue weighted by Gasteiger charge is 2.36. The maximum absolute atomic E-state index is 4.83. The van der Waals surface area contributed by atoms with Crippen LogP contribution in [0.2, 0.25) is 0 Å². The molecular formula is C14H24N2S. The molecule has 2 fully saturated rings. The molecule has 2 aliphatic carbocycles. The summed E-state index contributed by atoms with van der Waals surface area (Å²) in [6.45, 7) is 3.39. The third-order valence-corrected chi connectivity index (χ3v) is 5.94. The molecule has 0 bridgehead atoms. The summed E-state index contributed by atoms with van der Waals surface area (Å²) in [6, 6.07) is 0.640. The molecule has 0 aromatic carbocycles. The first-order valence-corrected chi connectivity index (χ1v) is 8.20. The molecule has 2 nitrogen and oxygen atoms in total. The predicted octanol–water partition coefficient (Wildman–Crippen LogP) is 3.43. The van der Waals surface area contributed by atoms with Gasteiger partial charge in [0.1, 0.15) is 0 Å². The smallest absolute Gasteiger partial charge is 0.156 e. The fraction of sp³-hybridized carbons (Fsp3) is 0.929. The van der Waals surface area contributed by atoms with Gasteiger partial charge >= 0.3 is 0 Å². The highest BCUT2D eigenvalue weighted by molar-refractivity contribution is 8.13. The summed E-state index contributed by atoms with van der Waals surface area (Å²) in [5.74, 6) is 2.22. The van der Waals surface area contributed by atoms with Crippen molar-refractivity contribution in [3.05, 3.63) is 0 Å². The zero-order valence-electron chi connectivity index (χ0n) is 10.9. The number of aliphatic imine (C=N–C) groups is 1. The molecule has 0 aromatic rings. The van der Waals surface area contributed by atoms with Crippen LogP contribution in [0.25, 0.3) is 0 Å². The molecule has 0 saturated heterocycles. The number of amidine groups is 1. The molecule has 3 rings (SSSR count). The lowest BCUT2D eigenvalue weighted by Gasteiger charge is -2.38. The van der Waals surface area contributed by atoms with E-state index in [-0.39, 0.29) is 0 Å². The summed E-state index contributed by atoms with van der Waals surface area (Å²) >= 11 is 1.98. The summed E-state index contributed by atoms with van der Waals surface area (Å²) in [7, 11) is 0. The van der Waals surface area contributed by atoms with Crippen LogP contribution in [-0.4, -0.2) is 23.5 Å². The first-order chi connectivity index (χ1) is 8.27. The number of thioether (sulfide) groups is 1. The predicted molar refractivity (Wildman–Crippen MR) is 75.6 cm³/mol. The first-order valence-electron chi connectivity index (χ1n) is 7.21. The van der Waals surface area contributed by atoms with Gasteiger partial charge in [0, 0.05) is 18.3 Å². The fourth-order valence-corrected chi connectivity index (χ4v) is 4.40. The van der Waals surface area contributed by atoms with Crippen molar-refractivity contribution in [1.29, 1.82) is 0 Å². The van der Waals surface area contributed by atoms with Crippen LogP contribution in [0.15, 0.2) is 4.99 Å². The second-order valence-electron chi connectivity index (χ2n) is 6.24. The molecule has 17 heavy (non-hydrogen) atoms. The Morgan fingerprint density at radius 2 is 2.06 bits per heavy atom. The molecule has 1 aliphatic heterocycles. The molecule has 0 radical (unpaired) electrons. The van der Waals surface area contributed by atoms with Crippen molar-refractivity contribution < 1.29 is 0 Å². The summed E-state index contributed by atoms with van der Waals surface area (Å²) in [5, 5.41) is 4.84. The van der Waals surface area contributed by atoms with Crippen molar-refractivity contribution in [2.24, 2.45) is 16.3 Å². The lowest BCUT2D eigenvalue weighted by molar-refractivity contribution is 0.232. The summed E-state index contributed by atoms with van der Waals surface area (Å²) in [4.78, 5) is 4.83. The van der Waals surface area contributed by atoms with Gasteiger partial charge in [-0.25, -0.2) is 0 Å². The maximum atomic E-state index is 4.83. The average molecular weight is 252 g/mol. The van der Waals surface area contributed by atoms with E-state index in [2.05, 4.69) is 12.2 Å². The van der Waals surface area contributed by atoms with Gasteiger partial charge in [-0.2, -0.15) is 0 Å². The molecule has 1 N–H and O–H groups in total. The second-order valence-corrected chi connectivity index (χ2v) is 7.21. The van der Waals surface area contributed by atoms with Gasteiger partial charge in [0.25, 0.3) is 0 Å². The number of hydrogen-bond donors (Lipinski definition) is 1. The van der Waals surface area contributed by atoms with Crippen molar-refractivity contribution in [2.45, 2.75) is 57.9 Å². The molecule has 1 atom stereocenters. The van der Waals surface area contributed by atoms with Crippen LogP contribution in [0.5, 0.6) is 0 Å². The fourth-order valence-electron chi connectivity index (χ4n) is 3.15. The van der Waals surface area contributed by atoms with Gasteiger partial charge in [0.05, 0.1) is 0 Å². The van der Waals surface area contributed by atoms with Gasteiger partial charge in [-0.3, -0.25) is 4.99 Å². The van der Waals surface area contributed by atoms with Crippen LogP contribution < -0.4 is 5.32 Å². The third-order valence-electron chi connectivity index (χ3n) is 4.67. The van der Waals surface area contributed by atoms with E-state index in [0.717, 1.165) is 12.5 Å². The zero-order chi connectivity index (χ0) is 11.7. The van der Waals surface area contributed by atoms with Crippen molar-refractivity contribution in [3.8, 4) is 0 Å². The lowest BCUT2D eigenvalue weighted by atomic mass is 9.75. The molecule has 0 amide bonds. The van der Waals surface area contributed by atoms with E-state index in [1.165, 1.54) is 55.9 Å². The minimum Gasteiger partial charge on any atom is -0.362 e. The second kappa shape index (κ2) is 4.83. The molecule has 1 unspecified atom stereocenters. The molecule has 96 valence electrons. The zero-order valence-corrected chi connectivity index (χ0v) is 11.7. The van der Waals surface area contributed by atoms with Gasteiger partial charge in [-0.1, -0.05) is 31.0 Å². The summed E-state index contributed by atoms with van der Waals surface area (Å²) in [6.07, 6.45) is 9.95. The summed E-state index contributed by atoms with van der Waals surface area (Å²) in [5.41, 5.74) is 0.566. The van der Waals surface area contributed by atoms with Crippen LogP contribution in [-0.2, 0) is 0 Å². The molecular weight excluding hydrogens is 228 g/mol. The molecule has 2 saturated carbocycles. The van der Waals surface area contributed by atoms with Crippen molar-refractivity contribution >= 4 is 16.9 Å². The molecule has 3 heteroatoms. The SMILES string of the molecule is CC(NC1=NCC2(CCCCC2)CS1)C1CC1. The average Bonchev–Trinajstić information content (AvgIpc) is 3.18. The van der Waals surface area contributed by atoms with E-state index in [9.17, 15) is 0 Å². The Kier molecular flexibility index (Phi) is 3.38. The maximum Gasteiger partial charge on any atom is 0.156 e. The minimum atomic E-state index is 0.566. The van der Waals surface area contributed by atoms with E-state index in [1.54, 1.807) is 0 Å². The van der Waals surface area contributed by atoms with Crippen LogP contribution in [0.1, 0.15) is 51.9 Å². The van der Waals surface area contributed by atoms with Crippen molar-refractivity contribution in [2.75, 3.05) is 12.3 Å². The highest BCUT2D eigenvalue weighted by atomic mass is 32.2. The number of hydrogen-bond acceptors (Lipinski definition) is 3. The van der Waals surface area contributed by atoms with Crippen LogP contribution >= 0.6 is 11.8 Å². The van der Waals surface area contributed by atoms with Gasteiger partial charge in [-0.15, -0.1) is 0 Å². The van der Waals surface area contributed by atoms with E-state index in [1.807, 2.05) is 11.8 Å². The van der Waals surface area contributed by atoms with E-state index in [4.69, 9.17) is 4.99 Å². The van der Waals surface area contributed by atoms with E-state index in [0.29, 0.717) is 11.5 Å². The number of nitrogens with one attached hydrogen (secondary N) is 1. The number of nitrogens with zero attached hydrogens (tertiary/aromatic N) is 1. The lowest BCUT2D eigenvalue weighted by Crippen LogP contribution is -2.40. The van der Waals surface area contributed by atoms with Crippen molar-refractivity contribution in [1.82, 2.24) is 5.32 Å². The molecule has 1 heterocycles. The van der Waals surface area contributed by atoms with Crippen LogP contribution in [0, 0.1) is 11.3 Å². The molecule has 0 aromatic heterocycles. The van der Waals surface area contributed by atoms with Crippen LogP contribution in [0.3, 0.4) is 0 Å². The minimum absolute atomic E-state index is 0.566. The van der Waals surface area contributed by atoms with Crippen LogP contribution in [0.4, 0.5) is 0 Å². The van der Waals surface area contributed by atoms with E-state index >= 15 is 0 Å². The summed E-state index contributed by atoms with van der Waals surface area (Å²) < 4.78 is 0. The Labute approximate surface area is 109 Å². The monoisotopic (exact) mass is 252 g/mol. The molecule has 1 spiro atoms. The Balaban J connectivity index is 1.55. The Morgan fingerprint density at radius 1 is 1.29 bits per heavy atom. The van der Waals surface area contributed by atoms with Gasteiger partial charge in [-0.05, 0) is 43.9 Å². The largest absolute Gasteiger partial charge is 0.362 e. The third kappa shape index (κ3) is 2.81.